The third-order valence-electron chi connectivity index (χ3n) is 3.04. The molecule has 0 amide bonds. The van der Waals surface area contributed by atoms with E-state index in [-0.39, 0.29) is 0 Å². The van der Waals surface area contributed by atoms with Gasteiger partial charge in [0.25, 0.3) is 0 Å². The van der Waals surface area contributed by atoms with Crippen LogP contribution in [0.5, 0.6) is 0 Å². The van der Waals surface area contributed by atoms with Gasteiger partial charge in [-0.3, -0.25) is 0 Å². The van der Waals surface area contributed by atoms with Crippen molar-refractivity contribution < 1.29 is 0 Å². The van der Waals surface area contributed by atoms with Crippen molar-refractivity contribution in [3.63, 3.8) is 0 Å². The van der Waals surface area contributed by atoms with Crippen molar-refractivity contribution >= 4 is 0 Å². The lowest BCUT2D eigenvalue weighted by molar-refractivity contribution is 0.254. The minimum absolute atomic E-state index is 0.590. The zero-order chi connectivity index (χ0) is 8.74. The first-order valence-corrected chi connectivity index (χ1v) is 4.85. The summed E-state index contributed by atoms with van der Waals surface area (Å²) in [5, 5.41) is 0. The second kappa shape index (κ2) is 5.40. The number of rotatable bonds is 5. The van der Waals surface area contributed by atoms with Gasteiger partial charge in [0.05, 0.1) is 0 Å². The maximum absolute atomic E-state index is 2.30. The van der Waals surface area contributed by atoms with Gasteiger partial charge >= 0.3 is 0 Å². The second-order valence-corrected chi connectivity index (χ2v) is 3.33. The van der Waals surface area contributed by atoms with E-state index in [1.54, 1.807) is 0 Å². The van der Waals surface area contributed by atoms with Crippen LogP contribution in [0.1, 0.15) is 53.4 Å². The van der Waals surface area contributed by atoms with E-state index in [4.69, 9.17) is 0 Å². The Morgan fingerprint density at radius 2 is 1.45 bits per heavy atom. The molecule has 0 heteroatoms. The van der Waals surface area contributed by atoms with Gasteiger partial charge in [0.2, 0.25) is 0 Å². The lowest BCUT2D eigenvalue weighted by atomic mass is 9.77. The molecule has 0 spiro atoms. The van der Waals surface area contributed by atoms with Crippen LogP contribution in [-0.2, 0) is 0 Å². The molecule has 0 nitrogen and oxygen atoms in total. The summed E-state index contributed by atoms with van der Waals surface area (Å²) in [6.07, 6.45) is 9.65. The molecule has 0 saturated carbocycles. The molecule has 0 radical (unpaired) electrons. The lowest BCUT2D eigenvalue weighted by Gasteiger charge is -2.28. The average molecular weight is 154 g/mol. The van der Waals surface area contributed by atoms with Crippen LogP contribution in [0.15, 0.2) is 12.2 Å². The van der Waals surface area contributed by atoms with Crippen molar-refractivity contribution in [1.82, 2.24) is 0 Å². The first-order chi connectivity index (χ1) is 5.24. The summed E-state index contributed by atoms with van der Waals surface area (Å²) < 4.78 is 0. The molecule has 0 unspecified atom stereocenters. The summed E-state index contributed by atoms with van der Waals surface area (Å²) in [6, 6.07) is 0. The molecule has 0 bridgehead atoms. The van der Waals surface area contributed by atoms with Crippen LogP contribution in [0.2, 0.25) is 0 Å². The molecule has 0 aliphatic carbocycles. The second-order valence-electron chi connectivity index (χ2n) is 3.33. The van der Waals surface area contributed by atoms with Crippen LogP contribution in [0.3, 0.4) is 0 Å². The molecule has 66 valence electrons. The van der Waals surface area contributed by atoms with Crippen LogP contribution < -0.4 is 0 Å². The number of hydrogen-bond acceptors (Lipinski definition) is 0. The molecular weight excluding hydrogens is 132 g/mol. The van der Waals surface area contributed by atoms with Crippen molar-refractivity contribution in [1.29, 1.82) is 0 Å². The standard InChI is InChI=1S/C11H22/c1-5-9-10-11(6-2,7-3)8-4/h5,9H,6-8,10H2,1-4H3. The van der Waals surface area contributed by atoms with Crippen LogP contribution in [0, 0.1) is 5.41 Å². The van der Waals surface area contributed by atoms with E-state index < -0.39 is 0 Å². The van der Waals surface area contributed by atoms with Gasteiger partial charge in [-0.1, -0.05) is 52.2 Å². The summed E-state index contributed by atoms with van der Waals surface area (Å²) in [6.45, 7) is 9.01. The third kappa shape index (κ3) is 3.09. The van der Waals surface area contributed by atoms with E-state index >= 15 is 0 Å². The fraction of sp³-hybridized carbons (Fsp3) is 0.818. The first kappa shape index (κ1) is 10.7. The summed E-state index contributed by atoms with van der Waals surface area (Å²) >= 11 is 0. The smallest absolute Gasteiger partial charge is 0.0271 e. The van der Waals surface area contributed by atoms with E-state index in [9.17, 15) is 0 Å². The highest BCUT2D eigenvalue weighted by atomic mass is 14.3. The Hall–Kier alpha value is -0.260. The van der Waals surface area contributed by atoms with Crippen molar-refractivity contribution in [3.05, 3.63) is 12.2 Å². The van der Waals surface area contributed by atoms with Crippen molar-refractivity contribution in [2.24, 2.45) is 5.41 Å². The number of allylic oxidation sites excluding steroid dienone is 2. The molecule has 0 aliphatic heterocycles. The normalized spacial score (nSPS) is 12.7. The highest BCUT2D eigenvalue weighted by Crippen LogP contribution is 2.34. The van der Waals surface area contributed by atoms with Crippen molar-refractivity contribution in [2.75, 3.05) is 0 Å². The Bertz CT molecular complexity index is 98.9. The van der Waals surface area contributed by atoms with Gasteiger partial charge in [-0.15, -0.1) is 0 Å². The van der Waals surface area contributed by atoms with E-state index in [1.807, 2.05) is 0 Å². The van der Waals surface area contributed by atoms with Gasteiger partial charge in [-0.2, -0.15) is 0 Å². The van der Waals surface area contributed by atoms with E-state index in [1.165, 1.54) is 25.7 Å². The maximum atomic E-state index is 2.30. The molecule has 0 atom stereocenters. The van der Waals surface area contributed by atoms with E-state index in [2.05, 4.69) is 39.8 Å². The highest BCUT2D eigenvalue weighted by molar-refractivity contribution is 4.87. The minimum Gasteiger partial charge on any atom is -0.0916 e. The monoisotopic (exact) mass is 154 g/mol. The Morgan fingerprint density at radius 3 is 1.73 bits per heavy atom. The summed E-state index contributed by atoms with van der Waals surface area (Å²) in [7, 11) is 0. The molecule has 0 saturated heterocycles. The quantitative estimate of drug-likeness (QED) is 0.521. The topological polar surface area (TPSA) is 0 Å². The SMILES string of the molecule is CC=CCC(CC)(CC)CC. The lowest BCUT2D eigenvalue weighted by Crippen LogP contribution is -2.16. The molecule has 0 rings (SSSR count). The highest BCUT2D eigenvalue weighted by Gasteiger charge is 2.21. The van der Waals surface area contributed by atoms with Gasteiger partial charge in [0.1, 0.15) is 0 Å². The zero-order valence-electron chi connectivity index (χ0n) is 8.48. The molecule has 0 aromatic heterocycles. The fourth-order valence-corrected chi connectivity index (χ4v) is 1.55. The van der Waals surface area contributed by atoms with Gasteiger partial charge in [0, 0.05) is 0 Å². The molecule has 0 N–H and O–H groups in total. The van der Waals surface area contributed by atoms with Crippen LogP contribution in [0.4, 0.5) is 0 Å². The van der Waals surface area contributed by atoms with Crippen LogP contribution >= 0.6 is 0 Å². The predicted octanol–water partition coefficient (Wildman–Crippen LogP) is 4.17. The number of hydrogen-bond donors (Lipinski definition) is 0. The van der Waals surface area contributed by atoms with E-state index in [0.717, 1.165) is 0 Å². The van der Waals surface area contributed by atoms with Gasteiger partial charge < -0.3 is 0 Å². The Labute approximate surface area is 71.7 Å². The third-order valence-corrected chi connectivity index (χ3v) is 3.04. The van der Waals surface area contributed by atoms with Crippen LogP contribution in [0.25, 0.3) is 0 Å². The molecular formula is C11H22. The predicted molar refractivity (Wildman–Crippen MR) is 52.7 cm³/mol. The average Bonchev–Trinajstić information content (AvgIpc) is 2.08. The molecule has 0 aromatic carbocycles. The molecule has 0 aliphatic rings. The van der Waals surface area contributed by atoms with Crippen LogP contribution in [-0.4, -0.2) is 0 Å². The largest absolute Gasteiger partial charge is 0.0916 e. The Balaban J connectivity index is 4.04. The Kier molecular flexibility index (Phi) is 5.27. The molecule has 0 heterocycles. The zero-order valence-corrected chi connectivity index (χ0v) is 8.48. The van der Waals surface area contributed by atoms with Gasteiger partial charge in [-0.25, -0.2) is 0 Å². The maximum Gasteiger partial charge on any atom is -0.0271 e. The molecule has 0 aromatic rings. The summed E-state index contributed by atoms with van der Waals surface area (Å²) in [5.74, 6) is 0. The molecule has 0 fully saturated rings. The van der Waals surface area contributed by atoms with Crippen molar-refractivity contribution in [3.8, 4) is 0 Å². The fourth-order valence-electron chi connectivity index (χ4n) is 1.55. The summed E-state index contributed by atoms with van der Waals surface area (Å²) in [4.78, 5) is 0. The minimum atomic E-state index is 0.590. The Morgan fingerprint density at radius 1 is 1.00 bits per heavy atom. The van der Waals surface area contributed by atoms with E-state index in [0.29, 0.717) is 5.41 Å². The van der Waals surface area contributed by atoms with Crippen molar-refractivity contribution in [2.45, 2.75) is 53.4 Å². The molecule has 11 heavy (non-hydrogen) atoms. The van der Waals surface area contributed by atoms with Gasteiger partial charge in [-0.05, 0) is 18.8 Å². The first-order valence-electron chi connectivity index (χ1n) is 4.85. The van der Waals surface area contributed by atoms with Gasteiger partial charge in [0.15, 0.2) is 0 Å². The summed E-state index contributed by atoms with van der Waals surface area (Å²) in [5.41, 5.74) is 0.590.